The Labute approximate surface area is 107 Å². The number of carbonyl (C=O) groups is 4. The van der Waals surface area contributed by atoms with Gasteiger partial charge in [0.1, 0.15) is 17.2 Å². The van der Waals surface area contributed by atoms with Gasteiger partial charge in [0.05, 0.1) is 6.54 Å². The minimum atomic E-state index is -1.45. The van der Waals surface area contributed by atoms with E-state index in [1.807, 2.05) is 0 Å². The number of pyridine rings is 1. The van der Waals surface area contributed by atoms with Crippen molar-refractivity contribution < 1.29 is 29.4 Å². The monoisotopic (exact) mass is 266 g/mol. The van der Waals surface area contributed by atoms with E-state index in [4.69, 9.17) is 10.2 Å². The lowest BCUT2D eigenvalue weighted by atomic mass is 10.1. The topological polar surface area (TPSA) is 134 Å². The highest BCUT2D eigenvalue weighted by atomic mass is 16.4. The van der Waals surface area contributed by atoms with Crippen molar-refractivity contribution in [3.63, 3.8) is 0 Å². The fourth-order valence-electron chi connectivity index (χ4n) is 1.19. The Bertz CT molecular complexity index is 534. The predicted octanol–water partition coefficient (Wildman–Crippen LogP) is -0.203. The third-order valence-electron chi connectivity index (χ3n) is 2.02. The second-order valence-corrected chi connectivity index (χ2v) is 3.62. The molecule has 1 aromatic rings. The number of amides is 1. The summed E-state index contributed by atoms with van der Waals surface area (Å²) in [6.07, 6.45) is 0. The number of nitrogens with zero attached hydrogens (tertiary/aromatic N) is 1. The van der Waals surface area contributed by atoms with Crippen molar-refractivity contribution in [1.29, 1.82) is 0 Å². The standard InChI is InChI=1S/C11H10N2O6/c1-5(14)4-12-9(15)6-2-7(10(16)17)13-8(3-6)11(18)19/h2-3H,4H2,1H3,(H,12,15)(H,16,17)(H,18,19). The van der Waals surface area contributed by atoms with Gasteiger partial charge in [-0.05, 0) is 19.1 Å². The lowest BCUT2D eigenvalue weighted by molar-refractivity contribution is -0.116. The number of aromatic nitrogens is 1. The quantitative estimate of drug-likeness (QED) is 0.671. The SMILES string of the molecule is CC(=O)CNC(=O)c1cc(C(=O)O)nc(C(=O)O)c1. The molecule has 0 atom stereocenters. The second kappa shape index (κ2) is 5.71. The summed E-state index contributed by atoms with van der Waals surface area (Å²) in [5, 5.41) is 19.8. The summed E-state index contributed by atoms with van der Waals surface area (Å²) >= 11 is 0. The Hall–Kier alpha value is -2.77. The average Bonchev–Trinajstić information content (AvgIpc) is 2.35. The van der Waals surface area contributed by atoms with E-state index < -0.39 is 29.2 Å². The molecule has 0 aliphatic carbocycles. The molecule has 0 aliphatic heterocycles. The molecule has 0 aliphatic rings. The largest absolute Gasteiger partial charge is 0.477 e. The first-order valence-corrected chi connectivity index (χ1v) is 5.07. The summed E-state index contributed by atoms with van der Waals surface area (Å²) in [6.45, 7) is 1.03. The summed E-state index contributed by atoms with van der Waals surface area (Å²) < 4.78 is 0. The maximum absolute atomic E-state index is 11.6. The van der Waals surface area contributed by atoms with Crippen LogP contribution in [0.5, 0.6) is 0 Å². The molecule has 3 N–H and O–H groups in total. The number of carboxylic acid groups (broad SMARTS) is 2. The van der Waals surface area contributed by atoms with E-state index in [0.717, 1.165) is 12.1 Å². The van der Waals surface area contributed by atoms with Crippen molar-refractivity contribution >= 4 is 23.6 Å². The molecule has 1 heterocycles. The number of nitrogens with one attached hydrogen (secondary N) is 1. The molecule has 0 aromatic carbocycles. The van der Waals surface area contributed by atoms with Gasteiger partial charge in [-0.15, -0.1) is 0 Å². The van der Waals surface area contributed by atoms with Crippen LogP contribution < -0.4 is 5.32 Å². The number of Topliss-reactive ketones (excluding diaryl/α,β-unsaturated/α-hetero) is 1. The highest BCUT2D eigenvalue weighted by Gasteiger charge is 2.16. The van der Waals surface area contributed by atoms with Crippen molar-refractivity contribution in [2.24, 2.45) is 0 Å². The maximum Gasteiger partial charge on any atom is 0.354 e. The summed E-state index contributed by atoms with van der Waals surface area (Å²) in [4.78, 5) is 47.3. The highest BCUT2D eigenvalue weighted by Crippen LogP contribution is 2.07. The first-order chi connectivity index (χ1) is 8.81. The first-order valence-electron chi connectivity index (χ1n) is 5.07. The molecule has 0 saturated heterocycles. The van der Waals surface area contributed by atoms with Crippen LogP contribution in [0.3, 0.4) is 0 Å². The van der Waals surface area contributed by atoms with E-state index in [1.54, 1.807) is 0 Å². The molecule has 1 rings (SSSR count). The molecular formula is C11H10N2O6. The van der Waals surface area contributed by atoms with Crippen LogP contribution in [0, 0.1) is 0 Å². The number of ketones is 1. The predicted molar refractivity (Wildman–Crippen MR) is 61.2 cm³/mol. The van der Waals surface area contributed by atoms with Crippen LogP contribution in [0.1, 0.15) is 38.3 Å². The molecule has 0 spiro atoms. The summed E-state index contributed by atoms with van der Waals surface area (Å²) in [6, 6.07) is 1.87. The Morgan fingerprint density at radius 3 is 1.95 bits per heavy atom. The Balaban J connectivity index is 3.12. The molecule has 1 aromatic heterocycles. The molecule has 100 valence electrons. The molecule has 0 fully saturated rings. The van der Waals surface area contributed by atoms with Gasteiger partial charge in [-0.3, -0.25) is 9.59 Å². The van der Waals surface area contributed by atoms with Gasteiger partial charge in [0.2, 0.25) is 0 Å². The zero-order valence-electron chi connectivity index (χ0n) is 9.84. The molecule has 0 bridgehead atoms. The molecule has 0 unspecified atom stereocenters. The third kappa shape index (κ3) is 3.87. The van der Waals surface area contributed by atoms with Crippen molar-refractivity contribution in [2.45, 2.75) is 6.92 Å². The van der Waals surface area contributed by atoms with E-state index in [1.165, 1.54) is 6.92 Å². The van der Waals surface area contributed by atoms with Crippen molar-refractivity contribution in [2.75, 3.05) is 6.54 Å². The lowest BCUT2D eigenvalue weighted by Crippen LogP contribution is -2.28. The summed E-state index contributed by atoms with van der Waals surface area (Å²) in [5.41, 5.74) is -1.31. The van der Waals surface area contributed by atoms with Gasteiger partial charge >= 0.3 is 11.9 Å². The second-order valence-electron chi connectivity index (χ2n) is 3.62. The van der Waals surface area contributed by atoms with Crippen LogP contribution in [0.2, 0.25) is 0 Å². The van der Waals surface area contributed by atoms with E-state index in [0.29, 0.717) is 0 Å². The van der Waals surface area contributed by atoms with Crippen LogP contribution in [0.25, 0.3) is 0 Å². The number of carboxylic acids is 2. The molecular weight excluding hydrogens is 256 g/mol. The van der Waals surface area contributed by atoms with Crippen LogP contribution in [0.4, 0.5) is 0 Å². The maximum atomic E-state index is 11.6. The number of carbonyl (C=O) groups excluding carboxylic acids is 2. The van der Waals surface area contributed by atoms with Gasteiger partial charge in [0.25, 0.3) is 5.91 Å². The Morgan fingerprint density at radius 2 is 1.58 bits per heavy atom. The average molecular weight is 266 g/mol. The van der Waals surface area contributed by atoms with Gasteiger partial charge in [0, 0.05) is 5.56 Å². The van der Waals surface area contributed by atoms with Gasteiger partial charge in [-0.1, -0.05) is 0 Å². The van der Waals surface area contributed by atoms with Crippen LogP contribution in [0.15, 0.2) is 12.1 Å². The zero-order chi connectivity index (χ0) is 14.6. The highest BCUT2D eigenvalue weighted by molar-refractivity contribution is 6.00. The normalized spacial score (nSPS) is 9.74. The van der Waals surface area contributed by atoms with Crippen LogP contribution in [-0.4, -0.2) is 45.4 Å². The zero-order valence-corrected chi connectivity index (χ0v) is 9.84. The minimum absolute atomic E-state index is 0.189. The van der Waals surface area contributed by atoms with Gasteiger partial charge in [-0.2, -0.15) is 0 Å². The van der Waals surface area contributed by atoms with Crippen LogP contribution in [-0.2, 0) is 4.79 Å². The molecule has 0 radical (unpaired) electrons. The van der Waals surface area contributed by atoms with Gasteiger partial charge < -0.3 is 15.5 Å². The van der Waals surface area contributed by atoms with E-state index in [-0.39, 0.29) is 17.9 Å². The minimum Gasteiger partial charge on any atom is -0.477 e. The molecule has 1 amide bonds. The molecule has 8 nitrogen and oxygen atoms in total. The number of hydrogen-bond acceptors (Lipinski definition) is 5. The van der Waals surface area contributed by atoms with Crippen molar-refractivity contribution in [3.05, 3.63) is 29.1 Å². The molecule has 0 saturated carbocycles. The lowest BCUT2D eigenvalue weighted by Gasteiger charge is -2.05. The third-order valence-corrected chi connectivity index (χ3v) is 2.02. The Kier molecular flexibility index (Phi) is 4.30. The number of hydrogen-bond donors (Lipinski definition) is 3. The van der Waals surface area contributed by atoms with E-state index >= 15 is 0 Å². The van der Waals surface area contributed by atoms with E-state index in [2.05, 4.69) is 10.3 Å². The van der Waals surface area contributed by atoms with Crippen molar-refractivity contribution in [3.8, 4) is 0 Å². The fourth-order valence-corrected chi connectivity index (χ4v) is 1.19. The number of aromatic carboxylic acids is 2. The molecule has 8 heteroatoms. The smallest absolute Gasteiger partial charge is 0.354 e. The summed E-state index contributed by atoms with van der Waals surface area (Å²) in [7, 11) is 0. The van der Waals surface area contributed by atoms with E-state index in [9.17, 15) is 19.2 Å². The van der Waals surface area contributed by atoms with Gasteiger partial charge in [-0.25, -0.2) is 14.6 Å². The number of rotatable bonds is 5. The summed E-state index contributed by atoms with van der Waals surface area (Å²) in [5.74, 6) is -3.95. The van der Waals surface area contributed by atoms with Crippen molar-refractivity contribution in [1.82, 2.24) is 10.3 Å². The van der Waals surface area contributed by atoms with Crippen LogP contribution >= 0.6 is 0 Å². The molecule has 19 heavy (non-hydrogen) atoms. The van der Waals surface area contributed by atoms with Gasteiger partial charge in [0.15, 0.2) is 0 Å². The first kappa shape index (κ1) is 14.3. The fraction of sp³-hybridized carbons (Fsp3) is 0.182. The Morgan fingerprint density at radius 1 is 1.11 bits per heavy atom.